The van der Waals surface area contributed by atoms with E-state index in [2.05, 4.69) is 0 Å². The lowest BCUT2D eigenvalue weighted by Gasteiger charge is -2.23. The number of alkyl halides is 6. The van der Waals surface area contributed by atoms with Crippen LogP contribution in [0, 0.1) is 0 Å². The van der Waals surface area contributed by atoms with E-state index in [0.717, 1.165) is 23.1 Å². The Morgan fingerprint density at radius 2 is 1.11 bits per heavy atom. The number of rotatable bonds is 7. The molecule has 0 aliphatic heterocycles. The minimum atomic E-state index is -5.14. The molecule has 0 unspecified atom stereocenters. The summed E-state index contributed by atoms with van der Waals surface area (Å²) in [6, 6.07) is 3.95. The molecular formula is C23H21F6NO5. The van der Waals surface area contributed by atoms with Gasteiger partial charge in [-0.05, 0) is 57.2 Å². The molecule has 35 heavy (non-hydrogen) atoms. The van der Waals surface area contributed by atoms with E-state index in [1.807, 2.05) is 0 Å². The Hall–Kier alpha value is -3.57. The Balaban J connectivity index is 2.66. The molecule has 0 N–H and O–H groups in total. The first kappa shape index (κ1) is 27.7. The molecule has 0 heterocycles. The SMILES string of the molecule is CCOC(=O)c1cc(C(=O)OCC)cc(N(CC)C(=O)c2cc(C(F)(F)F)cc(C(F)(F)F)c2)c1. The van der Waals surface area contributed by atoms with E-state index in [1.165, 1.54) is 20.8 Å². The lowest BCUT2D eigenvalue weighted by Crippen LogP contribution is -2.31. The van der Waals surface area contributed by atoms with Crippen molar-refractivity contribution >= 4 is 23.5 Å². The summed E-state index contributed by atoms with van der Waals surface area (Å²) >= 11 is 0. The number of ether oxygens (including phenoxy) is 2. The minimum absolute atomic E-state index is 0.0152. The highest BCUT2D eigenvalue weighted by atomic mass is 19.4. The van der Waals surface area contributed by atoms with Gasteiger partial charge in [0.15, 0.2) is 0 Å². The summed E-state index contributed by atoms with van der Waals surface area (Å²) in [6.45, 7) is 4.23. The van der Waals surface area contributed by atoms with E-state index in [4.69, 9.17) is 9.47 Å². The van der Waals surface area contributed by atoms with Crippen molar-refractivity contribution in [2.75, 3.05) is 24.7 Å². The molecule has 1 amide bonds. The van der Waals surface area contributed by atoms with Crippen LogP contribution in [-0.4, -0.2) is 37.6 Å². The number of hydrogen-bond donors (Lipinski definition) is 0. The number of carbonyl (C=O) groups excluding carboxylic acids is 3. The average molecular weight is 505 g/mol. The maximum Gasteiger partial charge on any atom is 0.416 e. The molecule has 0 spiro atoms. The van der Waals surface area contributed by atoms with E-state index in [0.29, 0.717) is 12.1 Å². The van der Waals surface area contributed by atoms with Gasteiger partial charge < -0.3 is 14.4 Å². The fraction of sp³-hybridized carbons (Fsp3) is 0.348. The van der Waals surface area contributed by atoms with Crippen LogP contribution >= 0.6 is 0 Å². The molecule has 0 saturated heterocycles. The smallest absolute Gasteiger partial charge is 0.416 e. The normalized spacial score (nSPS) is 11.7. The molecule has 6 nitrogen and oxygen atoms in total. The van der Waals surface area contributed by atoms with E-state index >= 15 is 0 Å². The van der Waals surface area contributed by atoms with E-state index < -0.39 is 46.9 Å². The van der Waals surface area contributed by atoms with Crippen LogP contribution in [0.15, 0.2) is 36.4 Å². The van der Waals surface area contributed by atoms with Gasteiger partial charge >= 0.3 is 24.3 Å². The molecule has 0 aromatic heterocycles. The Bertz CT molecular complexity index is 1040. The number of amides is 1. The topological polar surface area (TPSA) is 72.9 Å². The zero-order valence-electron chi connectivity index (χ0n) is 18.8. The fourth-order valence-electron chi connectivity index (χ4n) is 3.11. The quantitative estimate of drug-likeness (QED) is 0.354. The first-order valence-electron chi connectivity index (χ1n) is 10.3. The number of halogens is 6. The van der Waals surface area contributed by atoms with Gasteiger partial charge in [-0.1, -0.05) is 0 Å². The fourth-order valence-corrected chi connectivity index (χ4v) is 3.11. The van der Waals surface area contributed by atoms with Crippen LogP contribution in [0.4, 0.5) is 32.0 Å². The largest absolute Gasteiger partial charge is 0.462 e. The molecule has 2 rings (SSSR count). The zero-order chi connectivity index (χ0) is 26.6. The number of esters is 2. The Morgan fingerprint density at radius 1 is 0.686 bits per heavy atom. The second-order valence-corrected chi connectivity index (χ2v) is 7.05. The van der Waals surface area contributed by atoms with Crippen LogP contribution in [0.1, 0.15) is 63.0 Å². The van der Waals surface area contributed by atoms with Crippen molar-refractivity contribution in [3.05, 3.63) is 64.2 Å². The Labute approximate surface area is 196 Å². The lowest BCUT2D eigenvalue weighted by molar-refractivity contribution is -0.143. The summed E-state index contributed by atoms with van der Waals surface area (Å²) in [5.74, 6) is -2.93. The Morgan fingerprint density at radius 3 is 1.46 bits per heavy atom. The highest BCUT2D eigenvalue weighted by Gasteiger charge is 2.38. The Kier molecular flexibility index (Phi) is 8.53. The summed E-state index contributed by atoms with van der Waals surface area (Å²) in [4.78, 5) is 38.5. The monoisotopic (exact) mass is 505 g/mol. The third kappa shape index (κ3) is 6.74. The van der Waals surface area contributed by atoms with Crippen LogP contribution in [0.2, 0.25) is 0 Å². The van der Waals surface area contributed by atoms with Crippen molar-refractivity contribution in [3.63, 3.8) is 0 Å². The van der Waals surface area contributed by atoms with E-state index in [-0.39, 0.29) is 42.6 Å². The molecule has 2 aromatic carbocycles. The van der Waals surface area contributed by atoms with Crippen molar-refractivity contribution in [2.24, 2.45) is 0 Å². The van der Waals surface area contributed by atoms with Crippen molar-refractivity contribution in [3.8, 4) is 0 Å². The third-order valence-electron chi connectivity index (χ3n) is 4.65. The summed E-state index contributed by atoms with van der Waals surface area (Å²) < 4.78 is 89.2. The van der Waals surface area contributed by atoms with Crippen molar-refractivity contribution < 1.29 is 50.2 Å². The summed E-state index contributed by atoms with van der Waals surface area (Å²) in [7, 11) is 0. The first-order valence-corrected chi connectivity index (χ1v) is 10.3. The van der Waals surface area contributed by atoms with Gasteiger partial charge in [0.05, 0.1) is 35.5 Å². The number of hydrogen-bond acceptors (Lipinski definition) is 5. The molecular weight excluding hydrogens is 484 g/mol. The second kappa shape index (κ2) is 10.8. The number of benzene rings is 2. The number of anilines is 1. The van der Waals surface area contributed by atoms with Crippen LogP contribution in [0.3, 0.4) is 0 Å². The van der Waals surface area contributed by atoms with Gasteiger partial charge in [-0.25, -0.2) is 9.59 Å². The molecule has 0 fully saturated rings. The predicted molar refractivity (Wildman–Crippen MR) is 112 cm³/mol. The van der Waals surface area contributed by atoms with Crippen molar-refractivity contribution in [1.29, 1.82) is 0 Å². The maximum atomic E-state index is 13.2. The number of nitrogens with zero attached hydrogens (tertiary/aromatic N) is 1. The first-order chi connectivity index (χ1) is 16.2. The molecule has 0 aliphatic rings. The van der Waals surface area contributed by atoms with Crippen LogP contribution < -0.4 is 4.90 Å². The minimum Gasteiger partial charge on any atom is -0.462 e. The third-order valence-corrected chi connectivity index (χ3v) is 4.65. The highest BCUT2D eigenvalue weighted by molar-refractivity contribution is 6.08. The summed E-state index contributed by atoms with van der Waals surface area (Å²) in [6.07, 6.45) is -10.3. The van der Waals surface area contributed by atoms with Crippen LogP contribution in [-0.2, 0) is 21.8 Å². The molecule has 0 atom stereocenters. The summed E-state index contributed by atoms with van der Waals surface area (Å²) in [5.41, 5.74) is -4.65. The molecule has 2 aromatic rings. The van der Waals surface area contributed by atoms with Gasteiger partial charge in [0.1, 0.15) is 0 Å². The second-order valence-electron chi connectivity index (χ2n) is 7.05. The lowest BCUT2D eigenvalue weighted by atomic mass is 10.0. The average Bonchev–Trinajstić information content (AvgIpc) is 2.78. The number of carbonyl (C=O) groups is 3. The van der Waals surface area contributed by atoms with Gasteiger partial charge in [0, 0.05) is 17.8 Å². The molecule has 0 saturated carbocycles. The van der Waals surface area contributed by atoms with E-state index in [1.54, 1.807) is 0 Å². The van der Waals surface area contributed by atoms with Gasteiger partial charge in [0.2, 0.25) is 0 Å². The molecule has 190 valence electrons. The molecule has 0 bridgehead atoms. The molecule has 12 heteroatoms. The van der Waals surface area contributed by atoms with Gasteiger partial charge in [-0.3, -0.25) is 4.79 Å². The highest BCUT2D eigenvalue weighted by Crippen LogP contribution is 2.37. The van der Waals surface area contributed by atoms with Gasteiger partial charge in [-0.15, -0.1) is 0 Å². The maximum absolute atomic E-state index is 13.2. The van der Waals surface area contributed by atoms with Crippen molar-refractivity contribution in [1.82, 2.24) is 0 Å². The molecule has 0 radical (unpaired) electrons. The van der Waals surface area contributed by atoms with Crippen LogP contribution in [0.5, 0.6) is 0 Å². The van der Waals surface area contributed by atoms with E-state index in [9.17, 15) is 40.7 Å². The van der Waals surface area contributed by atoms with Gasteiger partial charge in [0.25, 0.3) is 5.91 Å². The standard InChI is InChI=1S/C23H21F6NO5/c1-4-30(18-10-14(20(32)34-5-2)7-15(11-18)21(33)35-6-3)19(31)13-8-16(22(24,25)26)12-17(9-13)23(27,28)29/h7-12H,4-6H2,1-3H3. The van der Waals surface area contributed by atoms with Crippen LogP contribution in [0.25, 0.3) is 0 Å². The van der Waals surface area contributed by atoms with Gasteiger partial charge in [-0.2, -0.15) is 26.3 Å². The predicted octanol–water partition coefficient (Wildman–Crippen LogP) is 5.74. The molecule has 0 aliphatic carbocycles. The van der Waals surface area contributed by atoms with Crippen molar-refractivity contribution in [2.45, 2.75) is 33.1 Å². The summed E-state index contributed by atoms with van der Waals surface area (Å²) in [5, 5.41) is 0. The zero-order valence-corrected chi connectivity index (χ0v) is 18.8.